The fourth-order valence-electron chi connectivity index (χ4n) is 1.77. The van der Waals surface area contributed by atoms with Crippen LogP contribution in [0.1, 0.15) is 20.3 Å². The molecule has 7 heteroatoms. The van der Waals surface area contributed by atoms with E-state index in [0.29, 0.717) is 6.42 Å². The minimum absolute atomic E-state index is 0.0345. The molecular formula is C13H19FN2O3S. The molecule has 0 saturated heterocycles. The van der Waals surface area contributed by atoms with Crippen molar-refractivity contribution in [3.63, 3.8) is 0 Å². The number of halogens is 1. The third-order valence-corrected chi connectivity index (χ3v) is 4.24. The van der Waals surface area contributed by atoms with Gasteiger partial charge in [0.15, 0.2) is 0 Å². The number of sulfonamides is 1. The van der Waals surface area contributed by atoms with Gasteiger partial charge in [0.2, 0.25) is 15.9 Å². The largest absolute Gasteiger partial charge is 0.309 e. The van der Waals surface area contributed by atoms with Gasteiger partial charge >= 0.3 is 0 Å². The number of rotatable bonds is 7. The number of anilines is 1. The lowest BCUT2D eigenvalue weighted by Gasteiger charge is -2.21. The van der Waals surface area contributed by atoms with Crippen molar-refractivity contribution in [1.29, 1.82) is 0 Å². The zero-order valence-corrected chi connectivity index (χ0v) is 12.4. The van der Waals surface area contributed by atoms with Gasteiger partial charge in [0.05, 0.1) is 11.4 Å². The fraction of sp³-hybridized carbons (Fsp3) is 0.462. The normalized spacial score (nSPS) is 11.3. The van der Waals surface area contributed by atoms with Gasteiger partial charge in [-0.2, -0.15) is 0 Å². The molecule has 0 spiro atoms. The van der Waals surface area contributed by atoms with E-state index in [9.17, 15) is 17.6 Å². The highest BCUT2D eigenvalue weighted by Gasteiger charge is 2.16. The van der Waals surface area contributed by atoms with Crippen LogP contribution in [0, 0.1) is 5.82 Å². The lowest BCUT2D eigenvalue weighted by Crippen LogP contribution is -2.38. The Labute approximate surface area is 118 Å². The molecule has 0 aromatic heterocycles. The average Bonchev–Trinajstić information content (AvgIpc) is 2.35. The number of hydrogen-bond donors (Lipinski definition) is 1. The number of para-hydroxylation sites is 1. The van der Waals surface area contributed by atoms with E-state index in [4.69, 9.17) is 0 Å². The Bertz CT molecular complexity index is 560. The summed E-state index contributed by atoms with van der Waals surface area (Å²) in [5, 5.41) is 0. The molecule has 0 bridgehead atoms. The van der Waals surface area contributed by atoms with E-state index in [1.165, 1.54) is 30.0 Å². The van der Waals surface area contributed by atoms with Crippen molar-refractivity contribution >= 4 is 21.6 Å². The summed E-state index contributed by atoms with van der Waals surface area (Å²) in [5.74, 6) is -0.823. The molecule has 1 N–H and O–H groups in total. The Morgan fingerprint density at radius 3 is 2.55 bits per heavy atom. The second-order valence-electron chi connectivity index (χ2n) is 4.34. The predicted molar refractivity (Wildman–Crippen MR) is 76.5 cm³/mol. The first kappa shape index (κ1) is 16.6. The van der Waals surface area contributed by atoms with Crippen LogP contribution in [0.25, 0.3) is 0 Å². The number of amides is 1. The molecule has 112 valence electrons. The van der Waals surface area contributed by atoms with Crippen molar-refractivity contribution in [2.24, 2.45) is 0 Å². The van der Waals surface area contributed by atoms with Gasteiger partial charge in [0.25, 0.3) is 0 Å². The summed E-state index contributed by atoms with van der Waals surface area (Å²) >= 11 is 0. The quantitative estimate of drug-likeness (QED) is 0.830. The predicted octanol–water partition coefficient (Wildman–Crippen LogP) is 1.51. The van der Waals surface area contributed by atoms with Crippen molar-refractivity contribution in [3.05, 3.63) is 30.1 Å². The summed E-state index contributed by atoms with van der Waals surface area (Å²) in [6.45, 7) is 3.21. The van der Waals surface area contributed by atoms with E-state index in [1.807, 2.05) is 0 Å². The van der Waals surface area contributed by atoms with E-state index >= 15 is 0 Å². The number of nitrogens with zero attached hydrogens (tertiary/aromatic N) is 1. The molecule has 0 fully saturated rings. The minimum atomic E-state index is -3.33. The van der Waals surface area contributed by atoms with E-state index in [-0.39, 0.29) is 30.4 Å². The zero-order valence-electron chi connectivity index (χ0n) is 11.6. The summed E-state index contributed by atoms with van der Waals surface area (Å²) in [6, 6.07) is 5.89. The van der Waals surface area contributed by atoms with Crippen LogP contribution in [0.3, 0.4) is 0 Å². The Morgan fingerprint density at radius 1 is 1.35 bits per heavy atom. The summed E-state index contributed by atoms with van der Waals surface area (Å²) in [5.41, 5.74) is 0.148. The van der Waals surface area contributed by atoms with Crippen LogP contribution in [0.5, 0.6) is 0 Å². The molecular weight excluding hydrogens is 283 g/mol. The molecule has 0 saturated carbocycles. The summed E-state index contributed by atoms with van der Waals surface area (Å²) < 4.78 is 39.0. The van der Waals surface area contributed by atoms with Crippen LogP contribution in [0.2, 0.25) is 0 Å². The molecule has 0 aliphatic carbocycles. The molecule has 0 radical (unpaired) electrons. The van der Waals surface area contributed by atoms with E-state index in [2.05, 4.69) is 4.72 Å². The van der Waals surface area contributed by atoms with Gasteiger partial charge in [-0.3, -0.25) is 4.79 Å². The first-order valence-corrected chi connectivity index (χ1v) is 8.02. The standard InChI is InChI=1S/C13H19FN2O3S/c1-3-10-20(18,19)15-8-9-16(11(2)17)13-7-5-4-6-12(13)14/h4-7,15H,3,8-10H2,1-2H3. The SMILES string of the molecule is CCCS(=O)(=O)NCCN(C(C)=O)c1ccccc1F. The molecule has 1 amide bonds. The van der Waals surface area contributed by atoms with Crippen LogP contribution in [-0.2, 0) is 14.8 Å². The lowest BCUT2D eigenvalue weighted by atomic mass is 10.2. The molecule has 0 unspecified atom stereocenters. The van der Waals surface area contributed by atoms with Crippen LogP contribution in [0.4, 0.5) is 10.1 Å². The second kappa shape index (κ2) is 7.35. The van der Waals surface area contributed by atoms with Crippen LogP contribution in [-0.4, -0.2) is 33.2 Å². The molecule has 0 aliphatic heterocycles. The number of carbonyl (C=O) groups is 1. The lowest BCUT2D eigenvalue weighted by molar-refractivity contribution is -0.116. The van der Waals surface area contributed by atoms with Crippen molar-refractivity contribution in [3.8, 4) is 0 Å². The topological polar surface area (TPSA) is 66.5 Å². The minimum Gasteiger partial charge on any atom is -0.309 e. The van der Waals surface area contributed by atoms with E-state index < -0.39 is 15.8 Å². The van der Waals surface area contributed by atoms with Crippen LogP contribution >= 0.6 is 0 Å². The Balaban J connectivity index is 2.71. The van der Waals surface area contributed by atoms with Gasteiger partial charge in [-0.1, -0.05) is 19.1 Å². The fourth-order valence-corrected chi connectivity index (χ4v) is 2.86. The van der Waals surface area contributed by atoms with Crippen molar-refractivity contribution in [2.75, 3.05) is 23.7 Å². The molecule has 0 heterocycles. The molecule has 20 heavy (non-hydrogen) atoms. The summed E-state index contributed by atoms with van der Waals surface area (Å²) in [4.78, 5) is 12.8. The Hall–Kier alpha value is -1.47. The summed E-state index contributed by atoms with van der Waals surface area (Å²) in [6.07, 6.45) is 0.513. The van der Waals surface area contributed by atoms with Gasteiger partial charge in [-0.05, 0) is 18.6 Å². The number of nitrogens with one attached hydrogen (secondary N) is 1. The molecule has 5 nitrogen and oxygen atoms in total. The van der Waals surface area contributed by atoms with Gasteiger partial charge < -0.3 is 4.90 Å². The van der Waals surface area contributed by atoms with Gasteiger partial charge in [-0.15, -0.1) is 0 Å². The highest BCUT2D eigenvalue weighted by molar-refractivity contribution is 7.89. The highest BCUT2D eigenvalue weighted by atomic mass is 32.2. The third kappa shape index (κ3) is 4.90. The monoisotopic (exact) mass is 302 g/mol. The maximum Gasteiger partial charge on any atom is 0.223 e. The number of benzene rings is 1. The van der Waals surface area contributed by atoms with Crippen molar-refractivity contribution < 1.29 is 17.6 Å². The van der Waals surface area contributed by atoms with Crippen molar-refractivity contribution in [2.45, 2.75) is 20.3 Å². The second-order valence-corrected chi connectivity index (χ2v) is 6.26. The van der Waals surface area contributed by atoms with Crippen LogP contribution in [0.15, 0.2) is 24.3 Å². The number of carbonyl (C=O) groups excluding carboxylic acids is 1. The van der Waals surface area contributed by atoms with Gasteiger partial charge in [0.1, 0.15) is 5.82 Å². The maximum atomic E-state index is 13.6. The molecule has 0 aliphatic rings. The first-order chi connectivity index (χ1) is 9.37. The molecule has 1 aromatic rings. The molecule has 1 rings (SSSR count). The smallest absolute Gasteiger partial charge is 0.223 e. The molecule has 0 atom stereocenters. The summed E-state index contributed by atoms with van der Waals surface area (Å²) in [7, 11) is -3.33. The number of hydrogen-bond acceptors (Lipinski definition) is 3. The average molecular weight is 302 g/mol. The van der Waals surface area contributed by atoms with E-state index in [1.54, 1.807) is 13.0 Å². The van der Waals surface area contributed by atoms with Crippen LogP contribution < -0.4 is 9.62 Å². The van der Waals surface area contributed by atoms with Crippen molar-refractivity contribution in [1.82, 2.24) is 4.72 Å². The van der Waals surface area contributed by atoms with Gasteiger partial charge in [0, 0.05) is 20.0 Å². The Morgan fingerprint density at radius 2 is 2.00 bits per heavy atom. The van der Waals surface area contributed by atoms with Gasteiger partial charge in [-0.25, -0.2) is 17.5 Å². The van der Waals surface area contributed by atoms with E-state index in [0.717, 1.165) is 0 Å². The Kier molecular flexibility index (Phi) is 6.09. The molecule has 1 aromatic carbocycles. The highest BCUT2D eigenvalue weighted by Crippen LogP contribution is 2.18. The maximum absolute atomic E-state index is 13.6. The third-order valence-electron chi connectivity index (χ3n) is 2.65. The first-order valence-electron chi connectivity index (χ1n) is 6.37. The zero-order chi connectivity index (χ0) is 15.2.